The molecule has 5 heteroatoms. The van der Waals surface area contributed by atoms with E-state index in [9.17, 15) is 9.59 Å². The highest BCUT2D eigenvalue weighted by Crippen LogP contribution is 2.17. The summed E-state index contributed by atoms with van der Waals surface area (Å²) >= 11 is 0. The molecule has 0 spiro atoms. The maximum atomic E-state index is 11.7. The van der Waals surface area contributed by atoms with Crippen molar-refractivity contribution in [3.63, 3.8) is 0 Å². The Morgan fingerprint density at radius 3 is 2.82 bits per heavy atom. The zero-order valence-corrected chi connectivity index (χ0v) is 10.4. The number of hydrogen-bond donors (Lipinski definition) is 1. The number of likely N-dealkylation sites (tertiary alicyclic amines) is 1. The Morgan fingerprint density at radius 1 is 1.41 bits per heavy atom. The molecule has 1 saturated heterocycles. The zero-order chi connectivity index (χ0) is 12.7. The number of piperidine rings is 1. The van der Waals surface area contributed by atoms with Crippen molar-refractivity contribution in [1.82, 2.24) is 4.90 Å². The van der Waals surface area contributed by atoms with Crippen molar-refractivity contribution in [1.29, 1.82) is 0 Å². The van der Waals surface area contributed by atoms with Crippen molar-refractivity contribution in [3.05, 3.63) is 0 Å². The highest BCUT2D eigenvalue weighted by atomic mass is 16.5. The van der Waals surface area contributed by atoms with Crippen LogP contribution in [0.1, 0.15) is 32.6 Å². The molecule has 0 aromatic rings. The summed E-state index contributed by atoms with van der Waals surface area (Å²) in [6.07, 6.45) is 2.10. The normalized spacial score (nSPS) is 20.3. The Hall–Kier alpha value is -1.10. The third kappa shape index (κ3) is 5.17. The molecule has 0 aromatic heterocycles. The number of carbonyl (C=O) groups excluding carboxylic acids is 1. The first-order chi connectivity index (χ1) is 8.13. The summed E-state index contributed by atoms with van der Waals surface area (Å²) < 4.78 is 5.37. The summed E-state index contributed by atoms with van der Waals surface area (Å²) in [6.45, 7) is 4.81. The molecule has 5 nitrogen and oxygen atoms in total. The molecule has 1 atom stereocenters. The van der Waals surface area contributed by atoms with E-state index in [-0.39, 0.29) is 18.7 Å². The minimum absolute atomic E-state index is 0.0476. The maximum Gasteiger partial charge on any atom is 0.303 e. The number of aliphatic carboxylic acids is 1. The summed E-state index contributed by atoms with van der Waals surface area (Å²) in [5.41, 5.74) is 0. The summed E-state index contributed by atoms with van der Waals surface area (Å²) in [5.74, 6) is -0.563. The lowest BCUT2D eigenvalue weighted by Gasteiger charge is -2.32. The second-order valence-electron chi connectivity index (χ2n) is 4.40. The van der Waals surface area contributed by atoms with E-state index < -0.39 is 5.97 Å². The Bertz CT molecular complexity index is 267. The molecule has 98 valence electrons. The summed E-state index contributed by atoms with van der Waals surface area (Å²) in [7, 11) is 0. The molecular weight excluding hydrogens is 222 g/mol. The molecule has 0 aromatic carbocycles. The lowest BCUT2D eigenvalue weighted by Crippen LogP contribution is -2.41. The number of ether oxygens (including phenoxy) is 1. The Kier molecular flexibility index (Phi) is 5.97. The summed E-state index contributed by atoms with van der Waals surface area (Å²) in [5, 5.41) is 8.54. The van der Waals surface area contributed by atoms with Gasteiger partial charge in [-0.05, 0) is 25.7 Å². The van der Waals surface area contributed by atoms with E-state index in [1.54, 1.807) is 4.90 Å². The fourth-order valence-electron chi connectivity index (χ4n) is 2.08. The predicted molar refractivity (Wildman–Crippen MR) is 62.7 cm³/mol. The molecule has 0 bridgehead atoms. The van der Waals surface area contributed by atoms with Gasteiger partial charge in [0.05, 0.1) is 13.0 Å². The number of carboxylic acids is 1. The molecule has 0 aliphatic carbocycles. The monoisotopic (exact) mass is 243 g/mol. The van der Waals surface area contributed by atoms with Gasteiger partial charge in [0.2, 0.25) is 5.91 Å². The molecular formula is C12H21NO4. The second-order valence-corrected chi connectivity index (χ2v) is 4.40. The molecule has 1 unspecified atom stereocenters. The Morgan fingerprint density at radius 2 is 2.18 bits per heavy atom. The molecule has 1 amide bonds. The SMILES string of the molecule is CCOCC1CCCN(C(=O)CCC(=O)O)C1. The van der Waals surface area contributed by atoms with Gasteiger partial charge < -0.3 is 14.7 Å². The average molecular weight is 243 g/mol. The smallest absolute Gasteiger partial charge is 0.303 e. The van der Waals surface area contributed by atoms with Crippen LogP contribution in [0, 0.1) is 5.92 Å². The molecule has 1 heterocycles. The first-order valence-corrected chi connectivity index (χ1v) is 6.20. The van der Waals surface area contributed by atoms with E-state index >= 15 is 0 Å². The van der Waals surface area contributed by atoms with Gasteiger partial charge in [-0.15, -0.1) is 0 Å². The maximum absolute atomic E-state index is 11.7. The van der Waals surface area contributed by atoms with E-state index in [0.717, 1.165) is 19.4 Å². The molecule has 17 heavy (non-hydrogen) atoms. The number of amides is 1. The number of carboxylic acid groups (broad SMARTS) is 1. The van der Waals surface area contributed by atoms with E-state index in [1.807, 2.05) is 6.92 Å². The van der Waals surface area contributed by atoms with Crippen molar-refractivity contribution >= 4 is 11.9 Å². The van der Waals surface area contributed by atoms with Crippen molar-refractivity contribution in [2.45, 2.75) is 32.6 Å². The summed E-state index contributed by atoms with van der Waals surface area (Å²) in [4.78, 5) is 23.9. The van der Waals surface area contributed by atoms with Crippen LogP contribution in [0.2, 0.25) is 0 Å². The fourth-order valence-corrected chi connectivity index (χ4v) is 2.08. The number of carbonyl (C=O) groups is 2. The standard InChI is InChI=1S/C12H21NO4/c1-2-17-9-10-4-3-7-13(8-10)11(14)5-6-12(15)16/h10H,2-9H2,1H3,(H,15,16). The van der Waals surface area contributed by atoms with Gasteiger partial charge in [-0.25, -0.2) is 0 Å². The topological polar surface area (TPSA) is 66.8 Å². The van der Waals surface area contributed by atoms with Crippen molar-refractivity contribution in [2.75, 3.05) is 26.3 Å². The van der Waals surface area contributed by atoms with Crippen LogP contribution in [0.3, 0.4) is 0 Å². The first kappa shape index (κ1) is 14.0. The molecule has 1 fully saturated rings. The largest absolute Gasteiger partial charge is 0.481 e. The lowest BCUT2D eigenvalue weighted by molar-refractivity contribution is -0.141. The van der Waals surface area contributed by atoms with Crippen LogP contribution < -0.4 is 0 Å². The number of rotatable bonds is 6. The highest BCUT2D eigenvalue weighted by Gasteiger charge is 2.23. The van der Waals surface area contributed by atoms with Crippen molar-refractivity contribution < 1.29 is 19.4 Å². The van der Waals surface area contributed by atoms with Crippen LogP contribution in [-0.4, -0.2) is 48.2 Å². The molecule has 1 aliphatic rings. The van der Waals surface area contributed by atoms with Crippen LogP contribution in [0.25, 0.3) is 0 Å². The third-order valence-corrected chi connectivity index (χ3v) is 2.98. The third-order valence-electron chi connectivity index (χ3n) is 2.98. The zero-order valence-electron chi connectivity index (χ0n) is 10.4. The van der Waals surface area contributed by atoms with Gasteiger partial charge in [0.1, 0.15) is 0 Å². The number of hydrogen-bond acceptors (Lipinski definition) is 3. The van der Waals surface area contributed by atoms with Gasteiger partial charge >= 0.3 is 5.97 Å². The van der Waals surface area contributed by atoms with Crippen molar-refractivity contribution in [3.8, 4) is 0 Å². The van der Waals surface area contributed by atoms with Gasteiger partial charge in [-0.3, -0.25) is 9.59 Å². The van der Waals surface area contributed by atoms with Gasteiger partial charge in [0, 0.05) is 26.1 Å². The fraction of sp³-hybridized carbons (Fsp3) is 0.833. The Labute approximate surface area is 102 Å². The van der Waals surface area contributed by atoms with Gasteiger partial charge in [-0.2, -0.15) is 0 Å². The van der Waals surface area contributed by atoms with Crippen molar-refractivity contribution in [2.24, 2.45) is 5.92 Å². The van der Waals surface area contributed by atoms with Crippen LogP contribution >= 0.6 is 0 Å². The van der Waals surface area contributed by atoms with Crippen LogP contribution in [-0.2, 0) is 14.3 Å². The molecule has 1 rings (SSSR count). The minimum Gasteiger partial charge on any atom is -0.481 e. The molecule has 1 aliphatic heterocycles. The number of nitrogens with zero attached hydrogens (tertiary/aromatic N) is 1. The van der Waals surface area contributed by atoms with E-state index in [0.29, 0.717) is 25.7 Å². The Balaban J connectivity index is 2.32. The average Bonchev–Trinajstić information content (AvgIpc) is 2.33. The summed E-state index contributed by atoms with van der Waals surface area (Å²) in [6, 6.07) is 0. The molecule has 1 N–H and O–H groups in total. The second kappa shape index (κ2) is 7.27. The quantitative estimate of drug-likeness (QED) is 0.759. The van der Waals surface area contributed by atoms with E-state index in [4.69, 9.17) is 9.84 Å². The lowest BCUT2D eigenvalue weighted by atomic mass is 9.98. The van der Waals surface area contributed by atoms with Crippen LogP contribution in [0.4, 0.5) is 0 Å². The van der Waals surface area contributed by atoms with Gasteiger partial charge in [-0.1, -0.05) is 0 Å². The van der Waals surface area contributed by atoms with E-state index in [2.05, 4.69) is 0 Å². The van der Waals surface area contributed by atoms with Gasteiger partial charge in [0.25, 0.3) is 0 Å². The predicted octanol–water partition coefficient (Wildman–Crippen LogP) is 1.13. The van der Waals surface area contributed by atoms with E-state index in [1.165, 1.54) is 0 Å². The molecule has 0 saturated carbocycles. The first-order valence-electron chi connectivity index (χ1n) is 6.20. The molecule has 0 radical (unpaired) electrons. The van der Waals surface area contributed by atoms with Gasteiger partial charge in [0.15, 0.2) is 0 Å². The highest BCUT2D eigenvalue weighted by molar-refractivity contribution is 5.80. The van der Waals surface area contributed by atoms with Crippen LogP contribution in [0.15, 0.2) is 0 Å². The minimum atomic E-state index is -0.916. The van der Waals surface area contributed by atoms with Crippen LogP contribution in [0.5, 0.6) is 0 Å².